The Labute approximate surface area is 64.4 Å². The molecule has 1 saturated heterocycles. The number of alkyl halides is 1. The van der Waals surface area contributed by atoms with Crippen molar-refractivity contribution in [2.45, 2.75) is 18.4 Å². The molecule has 62 valence electrons. The van der Waals surface area contributed by atoms with Crippen molar-refractivity contribution in [3.63, 3.8) is 0 Å². The average Bonchev–Trinajstić information content (AvgIpc) is 2.29. The van der Waals surface area contributed by atoms with Crippen LogP contribution < -0.4 is 0 Å². The van der Waals surface area contributed by atoms with Gasteiger partial charge in [-0.2, -0.15) is 0 Å². The first-order valence-corrected chi connectivity index (χ1v) is 4.67. The van der Waals surface area contributed by atoms with E-state index < -0.39 is 19.6 Å². The fourth-order valence-electron chi connectivity index (χ4n) is 0.848. The van der Waals surface area contributed by atoms with Crippen LogP contribution in [0, 0.1) is 12.3 Å². The first kappa shape index (κ1) is 8.73. The quantitative estimate of drug-likeness (QED) is 0.451. The predicted octanol–water partition coefficient (Wildman–Crippen LogP) is 1.54. The van der Waals surface area contributed by atoms with Gasteiger partial charge in [0.15, 0.2) is 0 Å². The van der Waals surface area contributed by atoms with Gasteiger partial charge in [0.2, 0.25) is 5.91 Å². The minimum atomic E-state index is -3.52. The standard InChI is InChI=1S/C6H8FO3P/c1-3-5-4-6(7)11(8,9-2)10-5/h1,5-6H,4H2,2H3. The molecule has 0 spiro atoms. The van der Waals surface area contributed by atoms with Crippen LogP contribution in [0.2, 0.25) is 0 Å². The monoisotopic (exact) mass is 178 g/mol. The Hall–Kier alpha value is -0.360. The minimum absolute atomic E-state index is 0.0401. The molecular formula is C6H8FO3P. The summed E-state index contributed by atoms with van der Waals surface area (Å²) in [4.78, 5) is 0. The van der Waals surface area contributed by atoms with E-state index >= 15 is 0 Å². The van der Waals surface area contributed by atoms with E-state index in [9.17, 15) is 8.96 Å². The Balaban J connectivity index is 2.75. The lowest BCUT2D eigenvalue weighted by atomic mass is 10.3. The van der Waals surface area contributed by atoms with E-state index in [1.54, 1.807) is 0 Å². The van der Waals surface area contributed by atoms with Crippen LogP contribution >= 0.6 is 7.60 Å². The SMILES string of the molecule is C#CC1CC(F)P(=O)(OC)O1. The molecule has 3 nitrogen and oxygen atoms in total. The molecule has 0 saturated carbocycles. The summed E-state index contributed by atoms with van der Waals surface area (Å²) in [5, 5.41) is 0. The van der Waals surface area contributed by atoms with E-state index in [1.165, 1.54) is 0 Å². The first-order chi connectivity index (χ1) is 5.12. The lowest BCUT2D eigenvalue weighted by molar-refractivity contribution is 0.230. The fraction of sp³-hybridized carbons (Fsp3) is 0.667. The smallest absolute Gasteiger partial charge is 0.310 e. The Morgan fingerprint density at radius 1 is 1.91 bits per heavy atom. The zero-order valence-electron chi connectivity index (χ0n) is 5.99. The third-order valence-electron chi connectivity index (χ3n) is 1.47. The fourth-order valence-corrected chi connectivity index (χ4v) is 2.25. The molecular weight excluding hydrogens is 170 g/mol. The van der Waals surface area contributed by atoms with Crippen LogP contribution in [0.5, 0.6) is 0 Å². The van der Waals surface area contributed by atoms with Crippen LogP contribution in [0.4, 0.5) is 4.39 Å². The Morgan fingerprint density at radius 3 is 2.82 bits per heavy atom. The molecule has 0 aromatic carbocycles. The molecule has 0 N–H and O–H groups in total. The second-order valence-electron chi connectivity index (χ2n) is 2.15. The summed E-state index contributed by atoms with van der Waals surface area (Å²) in [5.74, 6) is 0.594. The highest BCUT2D eigenvalue weighted by atomic mass is 31.2. The van der Waals surface area contributed by atoms with E-state index in [-0.39, 0.29) is 6.42 Å². The molecule has 1 aliphatic rings. The summed E-state index contributed by atoms with van der Waals surface area (Å²) in [7, 11) is -2.38. The van der Waals surface area contributed by atoms with Crippen LogP contribution in [0.15, 0.2) is 0 Å². The van der Waals surface area contributed by atoms with Crippen molar-refractivity contribution in [1.29, 1.82) is 0 Å². The highest BCUT2D eigenvalue weighted by Crippen LogP contribution is 2.60. The van der Waals surface area contributed by atoms with E-state index in [4.69, 9.17) is 6.42 Å². The third kappa shape index (κ3) is 1.46. The van der Waals surface area contributed by atoms with Gasteiger partial charge < -0.3 is 4.52 Å². The summed E-state index contributed by atoms with van der Waals surface area (Å²) in [6, 6.07) is 0. The second kappa shape index (κ2) is 2.94. The summed E-state index contributed by atoms with van der Waals surface area (Å²) >= 11 is 0. The van der Waals surface area contributed by atoms with Gasteiger partial charge in [-0.05, 0) is 0 Å². The molecule has 0 aliphatic carbocycles. The normalized spacial score (nSPS) is 43.7. The Kier molecular flexibility index (Phi) is 2.34. The largest absolute Gasteiger partial charge is 0.365 e. The van der Waals surface area contributed by atoms with E-state index in [0.717, 1.165) is 7.11 Å². The number of terminal acetylenes is 1. The number of hydrogen-bond donors (Lipinski definition) is 0. The molecule has 5 heteroatoms. The summed E-state index contributed by atoms with van der Waals surface area (Å²) in [5.41, 5.74) is 0. The zero-order chi connectivity index (χ0) is 8.48. The van der Waals surface area contributed by atoms with Crippen LogP contribution in [-0.2, 0) is 13.6 Å². The average molecular weight is 178 g/mol. The second-order valence-corrected chi connectivity index (χ2v) is 4.37. The summed E-state index contributed by atoms with van der Waals surface area (Å²) in [6.45, 7) is 0. The topological polar surface area (TPSA) is 35.5 Å². The van der Waals surface area contributed by atoms with Gasteiger partial charge in [0.25, 0.3) is 0 Å². The highest BCUT2D eigenvalue weighted by molar-refractivity contribution is 7.54. The lowest BCUT2D eigenvalue weighted by Crippen LogP contribution is -1.99. The maximum Gasteiger partial charge on any atom is 0.365 e. The molecule has 1 rings (SSSR count). The number of rotatable bonds is 1. The lowest BCUT2D eigenvalue weighted by Gasteiger charge is -2.09. The molecule has 0 amide bonds. The van der Waals surface area contributed by atoms with Gasteiger partial charge in [-0.1, -0.05) is 5.92 Å². The van der Waals surface area contributed by atoms with Gasteiger partial charge in [0.1, 0.15) is 6.10 Å². The Morgan fingerprint density at radius 2 is 2.55 bits per heavy atom. The molecule has 3 atom stereocenters. The van der Waals surface area contributed by atoms with Gasteiger partial charge in [-0.3, -0.25) is 9.09 Å². The van der Waals surface area contributed by atoms with E-state index in [1.807, 2.05) is 0 Å². The van der Waals surface area contributed by atoms with E-state index in [2.05, 4.69) is 15.0 Å². The van der Waals surface area contributed by atoms with E-state index in [0.29, 0.717) is 0 Å². The number of halogens is 1. The molecule has 0 aromatic heterocycles. The minimum Gasteiger partial charge on any atom is -0.310 e. The molecule has 1 aliphatic heterocycles. The zero-order valence-corrected chi connectivity index (χ0v) is 6.88. The first-order valence-electron chi connectivity index (χ1n) is 3.06. The van der Waals surface area contributed by atoms with Crippen molar-refractivity contribution < 1.29 is 18.0 Å². The van der Waals surface area contributed by atoms with Gasteiger partial charge in [-0.15, -0.1) is 6.42 Å². The molecule has 1 fully saturated rings. The number of hydrogen-bond acceptors (Lipinski definition) is 3. The van der Waals surface area contributed by atoms with Gasteiger partial charge in [0, 0.05) is 13.5 Å². The third-order valence-corrected chi connectivity index (χ3v) is 3.42. The van der Waals surface area contributed by atoms with Crippen molar-refractivity contribution in [1.82, 2.24) is 0 Å². The van der Waals surface area contributed by atoms with Crippen molar-refractivity contribution >= 4 is 7.60 Å². The predicted molar refractivity (Wildman–Crippen MR) is 37.8 cm³/mol. The van der Waals surface area contributed by atoms with Crippen molar-refractivity contribution in [2.24, 2.45) is 0 Å². The molecule has 0 aromatic rings. The Bertz CT molecular complexity index is 234. The molecule has 0 bridgehead atoms. The molecule has 11 heavy (non-hydrogen) atoms. The summed E-state index contributed by atoms with van der Waals surface area (Å²) < 4.78 is 33.1. The highest BCUT2D eigenvalue weighted by Gasteiger charge is 2.45. The van der Waals surface area contributed by atoms with Crippen LogP contribution in [-0.4, -0.2) is 19.1 Å². The van der Waals surface area contributed by atoms with Crippen molar-refractivity contribution in [2.75, 3.05) is 7.11 Å². The van der Waals surface area contributed by atoms with Crippen molar-refractivity contribution in [3.05, 3.63) is 0 Å². The maximum absolute atomic E-state index is 12.8. The van der Waals surface area contributed by atoms with Crippen LogP contribution in [0.25, 0.3) is 0 Å². The van der Waals surface area contributed by atoms with Crippen molar-refractivity contribution in [3.8, 4) is 12.3 Å². The van der Waals surface area contributed by atoms with Crippen LogP contribution in [0.3, 0.4) is 0 Å². The maximum atomic E-state index is 12.8. The van der Waals surface area contributed by atoms with Gasteiger partial charge in [-0.25, -0.2) is 4.39 Å². The molecule has 1 heterocycles. The van der Waals surface area contributed by atoms with Gasteiger partial charge >= 0.3 is 7.60 Å². The molecule has 0 radical (unpaired) electrons. The van der Waals surface area contributed by atoms with Crippen LogP contribution in [0.1, 0.15) is 6.42 Å². The summed E-state index contributed by atoms with van der Waals surface area (Å²) in [6.07, 6.45) is 4.20. The molecule has 3 unspecified atom stereocenters. The van der Waals surface area contributed by atoms with Gasteiger partial charge in [0.05, 0.1) is 0 Å².